The van der Waals surface area contributed by atoms with Gasteiger partial charge >= 0.3 is 0 Å². The third kappa shape index (κ3) is 4.30. The predicted octanol–water partition coefficient (Wildman–Crippen LogP) is 3.25. The zero-order chi connectivity index (χ0) is 15.8. The highest BCUT2D eigenvalue weighted by Gasteiger charge is 2.10. The lowest BCUT2D eigenvalue weighted by Gasteiger charge is -2.03. The van der Waals surface area contributed by atoms with Crippen molar-refractivity contribution in [2.75, 3.05) is 11.9 Å². The van der Waals surface area contributed by atoms with Crippen LogP contribution in [-0.2, 0) is 4.79 Å². The molecule has 6 heteroatoms. The minimum atomic E-state index is -0.482. The zero-order valence-electron chi connectivity index (χ0n) is 11.7. The number of rotatable bonds is 6. The summed E-state index contributed by atoms with van der Waals surface area (Å²) in [6.07, 6.45) is 4.75. The highest BCUT2D eigenvalue weighted by atomic mass is 32.1. The van der Waals surface area contributed by atoms with E-state index >= 15 is 0 Å². The number of nitrogens with one attached hydrogen (secondary N) is 1. The average molecular weight is 311 g/mol. The number of anilines is 1. The summed E-state index contributed by atoms with van der Waals surface area (Å²) in [4.78, 5) is 15.9. The number of hydrogen-bond donors (Lipinski definition) is 1. The predicted molar refractivity (Wildman–Crippen MR) is 86.5 cm³/mol. The van der Waals surface area contributed by atoms with E-state index in [2.05, 4.69) is 16.9 Å². The molecule has 0 aliphatic carbocycles. The first-order chi connectivity index (χ1) is 10.7. The maximum atomic E-state index is 12.0. The van der Waals surface area contributed by atoms with Crippen LogP contribution in [0.4, 0.5) is 5.13 Å². The number of ether oxygens (including phenoxy) is 1. The standard InChI is InChI=1S/C16H13N3O2S/c1-2-8-21-14-5-3-12(4-6-14)10-13(11-17)15(20)19-16-18-7-9-22-16/h2-7,9-10H,1,8H2,(H,18,19,20)/b13-10-. The summed E-state index contributed by atoms with van der Waals surface area (Å²) in [6, 6.07) is 8.97. The van der Waals surface area contributed by atoms with Gasteiger partial charge in [-0.3, -0.25) is 10.1 Å². The number of hydrogen-bond acceptors (Lipinski definition) is 5. The van der Waals surface area contributed by atoms with E-state index in [9.17, 15) is 4.79 Å². The van der Waals surface area contributed by atoms with Crippen LogP contribution in [0, 0.1) is 11.3 Å². The molecule has 0 aliphatic rings. The fourth-order valence-corrected chi connectivity index (χ4v) is 2.10. The molecule has 0 spiro atoms. The van der Waals surface area contributed by atoms with Crippen molar-refractivity contribution < 1.29 is 9.53 Å². The van der Waals surface area contributed by atoms with Crippen molar-refractivity contribution in [1.82, 2.24) is 4.98 Å². The van der Waals surface area contributed by atoms with Gasteiger partial charge < -0.3 is 4.74 Å². The van der Waals surface area contributed by atoms with E-state index in [0.29, 0.717) is 17.5 Å². The quantitative estimate of drug-likeness (QED) is 0.505. The zero-order valence-corrected chi connectivity index (χ0v) is 12.5. The fraction of sp³-hybridized carbons (Fsp3) is 0.0625. The Labute approximate surface area is 132 Å². The Morgan fingerprint density at radius 1 is 1.45 bits per heavy atom. The van der Waals surface area contributed by atoms with E-state index < -0.39 is 5.91 Å². The number of aromatic nitrogens is 1. The van der Waals surface area contributed by atoms with Gasteiger partial charge in [-0.2, -0.15) is 5.26 Å². The molecule has 0 unspecified atom stereocenters. The largest absolute Gasteiger partial charge is 0.490 e. The van der Waals surface area contributed by atoms with E-state index in [1.807, 2.05) is 6.07 Å². The lowest BCUT2D eigenvalue weighted by Crippen LogP contribution is -2.13. The van der Waals surface area contributed by atoms with Gasteiger partial charge in [-0.15, -0.1) is 11.3 Å². The third-order valence-corrected chi connectivity index (χ3v) is 3.27. The SMILES string of the molecule is C=CCOc1ccc(/C=C(/C#N)C(=O)Nc2nccs2)cc1. The highest BCUT2D eigenvalue weighted by Crippen LogP contribution is 2.16. The number of nitriles is 1. The van der Waals surface area contributed by atoms with E-state index in [4.69, 9.17) is 10.00 Å². The Hall–Kier alpha value is -2.91. The Kier molecular flexibility index (Phi) is 5.46. The lowest BCUT2D eigenvalue weighted by molar-refractivity contribution is -0.112. The van der Waals surface area contributed by atoms with E-state index in [-0.39, 0.29) is 5.57 Å². The molecule has 1 aromatic heterocycles. The van der Waals surface area contributed by atoms with Crippen molar-refractivity contribution >= 4 is 28.5 Å². The monoisotopic (exact) mass is 311 g/mol. The Morgan fingerprint density at radius 2 is 2.23 bits per heavy atom. The van der Waals surface area contributed by atoms with Crippen LogP contribution in [0.1, 0.15) is 5.56 Å². The van der Waals surface area contributed by atoms with Gasteiger partial charge in [0, 0.05) is 11.6 Å². The van der Waals surface area contributed by atoms with Gasteiger partial charge in [0.25, 0.3) is 5.91 Å². The van der Waals surface area contributed by atoms with Crippen LogP contribution < -0.4 is 10.1 Å². The molecule has 0 fully saturated rings. The minimum Gasteiger partial charge on any atom is -0.490 e. The van der Waals surface area contributed by atoms with Crippen molar-refractivity contribution in [1.29, 1.82) is 5.26 Å². The number of thiazole rings is 1. The summed E-state index contributed by atoms with van der Waals surface area (Å²) in [6.45, 7) is 4.00. The fourth-order valence-electron chi connectivity index (χ4n) is 1.58. The molecule has 1 aromatic carbocycles. The van der Waals surface area contributed by atoms with Crippen LogP contribution in [0.2, 0.25) is 0 Å². The van der Waals surface area contributed by atoms with E-state index in [0.717, 1.165) is 5.56 Å². The summed E-state index contributed by atoms with van der Waals surface area (Å²) in [5.74, 6) is 0.215. The Bertz CT molecular complexity index is 713. The second-order valence-corrected chi connectivity index (χ2v) is 5.02. The van der Waals surface area contributed by atoms with E-state index in [1.165, 1.54) is 17.4 Å². The highest BCUT2D eigenvalue weighted by molar-refractivity contribution is 7.13. The molecule has 2 rings (SSSR count). The van der Waals surface area contributed by atoms with Gasteiger partial charge in [0.15, 0.2) is 5.13 Å². The number of benzene rings is 1. The van der Waals surface area contributed by atoms with Crippen molar-refractivity contribution in [3.63, 3.8) is 0 Å². The van der Waals surface area contributed by atoms with Crippen LogP contribution in [0.25, 0.3) is 6.08 Å². The summed E-state index contributed by atoms with van der Waals surface area (Å²) < 4.78 is 5.37. The molecule has 2 aromatic rings. The number of carbonyl (C=O) groups excluding carboxylic acids is 1. The van der Waals surface area contributed by atoms with Gasteiger partial charge in [-0.25, -0.2) is 4.98 Å². The molecular weight excluding hydrogens is 298 g/mol. The van der Waals surface area contributed by atoms with Crippen LogP contribution in [0.3, 0.4) is 0 Å². The first-order valence-electron chi connectivity index (χ1n) is 6.39. The van der Waals surface area contributed by atoms with Crippen LogP contribution >= 0.6 is 11.3 Å². The van der Waals surface area contributed by atoms with E-state index in [1.54, 1.807) is 41.9 Å². The van der Waals surface area contributed by atoms with Crippen molar-refractivity contribution in [2.24, 2.45) is 0 Å². The van der Waals surface area contributed by atoms with Gasteiger partial charge in [0.05, 0.1) is 0 Å². The first kappa shape index (κ1) is 15.5. The summed E-state index contributed by atoms with van der Waals surface area (Å²) in [7, 11) is 0. The van der Waals surface area contributed by atoms with Gasteiger partial charge in [-0.05, 0) is 23.8 Å². The molecule has 1 heterocycles. The molecule has 110 valence electrons. The molecule has 22 heavy (non-hydrogen) atoms. The molecule has 1 N–H and O–H groups in total. The molecule has 0 atom stereocenters. The van der Waals surface area contributed by atoms with Crippen molar-refractivity contribution in [3.8, 4) is 11.8 Å². The number of carbonyl (C=O) groups is 1. The normalized spacial score (nSPS) is 10.6. The minimum absolute atomic E-state index is 0.00922. The van der Waals surface area contributed by atoms with Crippen molar-refractivity contribution in [2.45, 2.75) is 0 Å². The smallest absolute Gasteiger partial charge is 0.268 e. The summed E-state index contributed by atoms with van der Waals surface area (Å²) in [5.41, 5.74) is 0.742. The maximum Gasteiger partial charge on any atom is 0.268 e. The number of amides is 1. The molecule has 0 saturated heterocycles. The summed E-state index contributed by atoms with van der Waals surface area (Å²) in [5, 5.41) is 13.9. The second-order valence-electron chi connectivity index (χ2n) is 4.13. The molecule has 5 nitrogen and oxygen atoms in total. The first-order valence-corrected chi connectivity index (χ1v) is 7.27. The van der Waals surface area contributed by atoms with Crippen LogP contribution in [-0.4, -0.2) is 17.5 Å². The maximum absolute atomic E-state index is 12.0. The number of nitrogens with zero attached hydrogens (tertiary/aromatic N) is 2. The van der Waals surface area contributed by atoms with Gasteiger partial charge in [-0.1, -0.05) is 24.8 Å². The average Bonchev–Trinajstić information content (AvgIpc) is 3.04. The lowest BCUT2D eigenvalue weighted by atomic mass is 10.1. The van der Waals surface area contributed by atoms with Crippen molar-refractivity contribution in [3.05, 3.63) is 59.6 Å². The molecule has 0 radical (unpaired) electrons. The van der Waals surface area contributed by atoms with Crippen LogP contribution in [0.15, 0.2) is 54.1 Å². The molecule has 1 amide bonds. The van der Waals surface area contributed by atoms with Crippen LogP contribution in [0.5, 0.6) is 5.75 Å². The molecular formula is C16H13N3O2S. The molecule has 0 saturated carbocycles. The Morgan fingerprint density at radius 3 is 2.82 bits per heavy atom. The van der Waals surface area contributed by atoms with Gasteiger partial charge in [0.2, 0.25) is 0 Å². The third-order valence-electron chi connectivity index (χ3n) is 2.58. The molecule has 0 aliphatic heterocycles. The molecule has 0 bridgehead atoms. The van der Waals surface area contributed by atoms with Gasteiger partial charge in [0.1, 0.15) is 24.0 Å². The summed E-state index contributed by atoms with van der Waals surface area (Å²) >= 11 is 1.29. The topological polar surface area (TPSA) is 75.0 Å². The second kappa shape index (κ2) is 7.76. The Balaban J connectivity index is 2.09.